The van der Waals surface area contributed by atoms with E-state index in [0.717, 1.165) is 18.4 Å². The average molecular weight is 261 g/mol. The van der Waals surface area contributed by atoms with E-state index in [1.165, 1.54) is 29.5 Å². The molecular formula is C20H20. The Balaban J connectivity index is 1.80. The Morgan fingerprint density at radius 3 is 2.30 bits per heavy atom. The molecule has 0 aliphatic heterocycles. The van der Waals surface area contributed by atoms with Crippen LogP contribution in [0.3, 0.4) is 0 Å². The molecule has 0 heteroatoms. The van der Waals surface area contributed by atoms with Gasteiger partial charge in [0, 0.05) is 0 Å². The largest absolute Gasteiger partial charge is 0.0813 e. The van der Waals surface area contributed by atoms with E-state index in [4.69, 9.17) is 1.37 Å². The Bertz CT molecular complexity index is 648. The van der Waals surface area contributed by atoms with Crippen molar-refractivity contribution in [3.63, 3.8) is 0 Å². The molecule has 3 rings (SSSR count). The van der Waals surface area contributed by atoms with Crippen LogP contribution in [0.2, 0.25) is 0 Å². The lowest BCUT2D eigenvalue weighted by molar-refractivity contribution is 0.712. The molecule has 1 aliphatic rings. The Hall–Kier alpha value is -2.08. The summed E-state index contributed by atoms with van der Waals surface area (Å²) in [6.07, 6.45) is 9.11. The second kappa shape index (κ2) is 6.38. The second-order valence-corrected chi connectivity index (χ2v) is 5.26. The highest BCUT2D eigenvalue weighted by Gasteiger charge is 2.00. The van der Waals surface area contributed by atoms with E-state index in [0.29, 0.717) is 6.05 Å². The van der Waals surface area contributed by atoms with Gasteiger partial charge in [0.2, 0.25) is 0 Å². The van der Waals surface area contributed by atoms with Gasteiger partial charge in [0.1, 0.15) is 0 Å². The van der Waals surface area contributed by atoms with Crippen LogP contribution in [0.4, 0.5) is 0 Å². The lowest BCUT2D eigenvalue weighted by Crippen LogP contribution is -1.87. The zero-order valence-corrected chi connectivity index (χ0v) is 11.7. The molecule has 0 radical (unpaired) electrons. The van der Waals surface area contributed by atoms with Crippen molar-refractivity contribution in [2.24, 2.45) is 0 Å². The third kappa shape index (κ3) is 3.27. The first kappa shape index (κ1) is 11.7. The molecular weight excluding hydrogens is 240 g/mol. The zero-order valence-electron chi connectivity index (χ0n) is 12.7. The smallest absolute Gasteiger partial charge is 0.0629 e. The topological polar surface area (TPSA) is 0 Å². The van der Waals surface area contributed by atoms with Crippen LogP contribution < -0.4 is 0 Å². The first-order valence-electron chi connectivity index (χ1n) is 7.86. The van der Waals surface area contributed by atoms with Crippen LogP contribution in [-0.2, 0) is 0 Å². The van der Waals surface area contributed by atoms with Gasteiger partial charge in [0.05, 0.1) is 1.37 Å². The molecule has 0 N–H and O–H groups in total. The Morgan fingerprint density at radius 2 is 1.60 bits per heavy atom. The fourth-order valence-electron chi connectivity index (χ4n) is 2.56. The van der Waals surface area contributed by atoms with Crippen LogP contribution in [0.25, 0.3) is 17.2 Å². The molecule has 2 aromatic carbocycles. The fraction of sp³-hybridized carbons (Fsp3) is 0.200. The molecule has 0 unspecified atom stereocenters. The predicted octanol–water partition coefficient (Wildman–Crippen LogP) is 5.87. The lowest BCUT2D eigenvalue weighted by Gasteiger charge is -2.08. The normalized spacial score (nSPS) is 16.5. The first-order chi connectivity index (χ1) is 10.3. The predicted molar refractivity (Wildman–Crippen MR) is 87.5 cm³/mol. The van der Waals surface area contributed by atoms with E-state index in [1.54, 1.807) is 0 Å². The molecule has 0 heterocycles. The van der Waals surface area contributed by atoms with Crippen LogP contribution in [0.1, 0.15) is 32.6 Å². The van der Waals surface area contributed by atoms with Gasteiger partial charge >= 0.3 is 0 Å². The Labute approximate surface area is 122 Å². The van der Waals surface area contributed by atoms with E-state index in [2.05, 4.69) is 42.5 Å². The number of benzene rings is 2. The van der Waals surface area contributed by atoms with Gasteiger partial charge in [-0.25, -0.2) is 0 Å². The average Bonchev–Trinajstić information content (AvgIpc) is 2.57. The summed E-state index contributed by atoms with van der Waals surface area (Å²) < 4.78 is 8.24. The molecule has 1 aliphatic carbocycles. The summed E-state index contributed by atoms with van der Waals surface area (Å²) in [5.41, 5.74) is 4.72. The number of hydrogen-bond donors (Lipinski definition) is 0. The number of rotatable bonds is 3. The first-order valence-corrected chi connectivity index (χ1v) is 7.36. The molecule has 0 spiro atoms. The maximum absolute atomic E-state index is 8.24. The van der Waals surface area contributed by atoms with Crippen molar-refractivity contribution in [1.29, 1.82) is 0 Å². The Morgan fingerprint density at radius 1 is 0.850 bits per heavy atom. The molecule has 0 bridgehead atoms. The molecule has 0 fully saturated rings. The molecule has 0 atom stereocenters. The Kier molecular flexibility index (Phi) is 3.74. The van der Waals surface area contributed by atoms with Crippen LogP contribution in [0.5, 0.6) is 0 Å². The molecule has 20 heavy (non-hydrogen) atoms. The molecule has 100 valence electrons. The van der Waals surface area contributed by atoms with E-state index in [1.807, 2.05) is 24.3 Å². The minimum absolute atomic E-state index is 0.614. The van der Waals surface area contributed by atoms with Crippen LogP contribution in [0.15, 0.2) is 72.3 Å². The van der Waals surface area contributed by atoms with Crippen molar-refractivity contribution in [3.8, 4) is 11.1 Å². The summed E-state index contributed by atoms with van der Waals surface area (Å²) in [6, 6.07) is 19.3. The third-order valence-electron chi connectivity index (χ3n) is 3.74. The van der Waals surface area contributed by atoms with E-state index < -0.39 is 0 Å². The number of hydrogen-bond acceptors (Lipinski definition) is 0. The highest BCUT2D eigenvalue weighted by Crippen LogP contribution is 2.21. The highest BCUT2D eigenvalue weighted by atomic mass is 14.1. The van der Waals surface area contributed by atoms with E-state index >= 15 is 0 Å². The van der Waals surface area contributed by atoms with Gasteiger partial charge in [-0.2, -0.15) is 0 Å². The molecule has 0 saturated carbocycles. The van der Waals surface area contributed by atoms with Gasteiger partial charge in [-0.05, 0) is 42.4 Å². The quantitative estimate of drug-likeness (QED) is 0.648. The maximum Gasteiger partial charge on any atom is 0.0629 e. The van der Waals surface area contributed by atoms with Gasteiger partial charge in [0.15, 0.2) is 0 Å². The minimum atomic E-state index is 0.614. The monoisotopic (exact) mass is 261 g/mol. The highest BCUT2D eigenvalue weighted by molar-refractivity contribution is 5.65. The van der Waals surface area contributed by atoms with Gasteiger partial charge in [0.25, 0.3) is 0 Å². The summed E-state index contributed by atoms with van der Waals surface area (Å²) in [5.74, 6) is 0. The fourth-order valence-corrected chi connectivity index (χ4v) is 2.56. The van der Waals surface area contributed by atoms with Gasteiger partial charge < -0.3 is 0 Å². The summed E-state index contributed by atoms with van der Waals surface area (Å²) in [6.45, 7) is 0. The van der Waals surface area contributed by atoms with E-state index in [9.17, 15) is 0 Å². The zero-order chi connectivity index (χ0) is 14.5. The standard InChI is InChI=1S/C20H20/c1-3-7-17(8-4-1)11-12-18-13-15-20(16-14-18)19-9-5-2-6-10-19/h2,5-7,9-16H,1,3-4,8H2/b12-11+/i12D. The van der Waals surface area contributed by atoms with Crippen molar-refractivity contribution in [1.82, 2.24) is 0 Å². The molecule has 0 nitrogen and oxygen atoms in total. The van der Waals surface area contributed by atoms with Crippen molar-refractivity contribution < 1.29 is 1.37 Å². The summed E-state index contributed by atoms with van der Waals surface area (Å²) in [4.78, 5) is 0. The molecule has 2 aromatic rings. The van der Waals surface area contributed by atoms with Gasteiger partial charge in [-0.1, -0.05) is 78.4 Å². The van der Waals surface area contributed by atoms with Gasteiger partial charge in [-0.3, -0.25) is 0 Å². The van der Waals surface area contributed by atoms with E-state index in [-0.39, 0.29) is 0 Å². The van der Waals surface area contributed by atoms with Crippen LogP contribution in [0, 0.1) is 0 Å². The second-order valence-electron chi connectivity index (χ2n) is 5.26. The van der Waals surface area contributed by atoms with Crippen molar-refractivity contribution in [3.05, 3.63) is 77.9 Å². The summed E-state index contributed by atoms with van der Waals surface area (Å²) in [5, 5.41) is 0. The summed E-state index contributed by atoms with van der Waals surface area (Å²) >= 11 is 0. The third-order valence-corrected chi connectivity index (χ3v) is 3.74. The maximum atomic E-state index is 8.24. The molecule has 0 amide bonds. The number of allylic oxidation sites excluding steroid dienone is 3. The van der Waals surface area contributed by atoms with Crippen LogP contribution >= 0.6 is 0 Å². The molecule has 0 saturated heterocycles. The van der Waals surface area contributed by atoms with Crippen LogP contribution in [-0.4, -0.2) is 0 Å². The SMILES string of the molecule is [2H]/C(=C\C1=CCCCC1)c1ccc(-c2ccccc2)cc1. The van der Waals surface area contributed by atoms with Crippen molar-refractivity contribution in [2.45, 2.75) is 25.7 Å². The van der Waals surface area contributed by atoms with Crippen molar-refractivity contribution >= 4 is 6.05 Å². The van der Waals surface area contributed by atoms with Gasteiger partial charge in [-0.15, -0.1) is 0 Å². The summed E-state index contributed by atoms with van der Waals surface area (Å²) in [7, 11) is 0. The molecule has 0 aromatic heterocycles. The van der Waals surface area contributed by atoms with Crippen molar-refractivity contribution in [2.75, 3.05) is 0 Å². The minimum Gasteiger partial charge on any atom is -0.0813 e. The lowest BCUT2D eigenvalue weighted by atomic mass is 9.98.